The topological polar surface area (TPSA) is 12.0 Å². The molecule has 6 heavy (non-hydrogen) atoms. The van der Waals surface area contributed by atoms with Crippen LogP contribution in [0.1, 0.15) is 7.79 Å². The highest BCUT2D eigenvalue weighted by molar-refractivity contribution is 7.99. The van der Waals surface area contributed by atoms with Gasteiger partial charge < -0.3 is 5.32 Å². The van der Waals surface area contributed by atoms with Gasteiger partial charge in [0.2, 0.25) is 0 Å². The van der Waals surface area contributed by atoms with Crippen molar-refractivity contribution in [1.29, 1.82) is 0 Å². The molecule has 1 rings (SSSR count). The normalized spacial score (nSPS) is 38.7. The number of rotatable bonds is 0. The van der Waals surface area contributed by atoms with Crippen LogP contribution >= 0.6 is 11.8 Å². The van der Waals surface area contributed by atoms with Crippen molar-refractivity contribution >= 4 is 11.8 Å². The van der Waals surface area contributed by atoms with Crippen molar-refractivity contribution in [3.8, 4) is 0 Å². The Balaban J connectivity index is 2.12. The molecule has 0 amide bonds. The molecule has 0 aromatic rings. The van der Waals surface area contributed by atoms with Crippen LogP contribution in [-0.2, 0) is 0 Å². The van der Waals surface area contributed by atoms with Gasteiger partial charge in [0.05, 0.1) is 1.37 Å². The zero-order valence-corrected chi connectivity index (χ0v) is 4.42. The Morgan fingerprint density at radius 2 is 2.83 bits per heavy atom. The summed E-state index contributed by atoms with van der Waals surface area (Å²) in [5.74, 6) is 1.11. The third-order valence-electron chi connectivity index (χ3n) is 0.750. The van der Waals surface area contributed by atoms with Crippen LogP contribution in [0.3, 0.4) is 0 Å². The summed E-state index contributed by atoms with van der Waals surface area (Å²) in [4.78, 5) is 0. The molecule has 1 nitrogen and oxygen atoms in total. The second kappa shape index (κ2) is 2.48. The Labute approximate surface area is 43.9 Å². The van der Waals surface area contributed by atoms with Crippen molar-refractivity contribution in [3.05, 3.63) is 0 Å². The standard InChI is InChI=1S/C4H9NS/c1-2-5-4-6-3-1/h5H,1-4H2/i4D. The van der Waals surface area contributed by atoms with Gasteiger partial charge in [-0.2, -0.15) is 0 Å². The first-order valence-electron chi connectivity index (χ1n) is 2.74. The maximum Gasteiger partial charge on any atom is 0.0545 e. The highest BCUT2D eigenvalue weighted by Crippen LogP contribution is 2.02. The van der Waals surface area contributed by atoms with Crippen molar-refractivity contribution < 1.29 is 1.37 Å². The fraction of sp³-hybridized carbons (Fsp3) is 1.00. The van der Waals surface area contributed by atoms with Gasteiger partial charge in [-0.05, 0) is 18.7 Å². The van der Waals surface area contributed by atoms with E-state index in [0.717, 1.165) is 12.3 Å². The van der Waals surface area contributed by atoms with Crippen LogP contribution < -0.4 is 5.32 Å². The quantitative estimate of drug-likeness (QED) is 0.485. The summed E-state index contributed by atoms with van der Waals surface area (Å²) in [5.41, 5.74) is 0. The average molecular weight is 104 g/mol. The molecule has 1 aliphatic rings. The Hall–Kier alpha value is 0.310. The summed E-state index contributed by atoms with van der Waals surface area (Å²) in [5, 5.41) is 3.01. The predicted octanol–water partition coefficient (Wildman–Crippen LogP) is 0.670. The minimum atomic E-state index is -0.0475. The summed E-state index contributed by atoms with van der Waals surface area (Å²) in [6, 6.07) is 0. The van der Waals surface area contributed by atoms with E-state index in [1.54, 1.807) is 11.8 Å². The third-order valence-corrected chi connectivity index (χ3v) is 1.61. The summed E-state index contributed by atoms with van der Waals surface area (Å²) in [6.45, 7) is 1.03. The van der Waals surface area contributed by atoms with Crippen LogP contribution in [0.2, 0.25) is 0 Å². The zero-order valence-electron chi connectivity index (χ0n) is 4.61. The minimum absolute atomic E-state index is 0.0475. The van der Waals surface area contributed by atoms with Crippen molar-refractivity contribution in [2.75, 3.05) is 18.2 Å². The molecule has 0 aromatic carbocycles. The number of hydrogen-bond acceptors (Lipinski definition) is 2. The van der Waals surface area contributed by atoms with Crippen LogP contribution in [0.4, 0.5) is 0 Å². The van der Waals surface area contributed by atoms with Gasteiger partial charge in [0, 0.05) is 5.85 Å². The van der Waals surface area contributed by atoms with E-state index in [1.165, 1.54) is 6.42 Å². The van der Waals surface area contributed by atoms with E-state index in [2.05, 4.69) is 5.32 Å². The van der Waals surface area contributed by atoms with E-state index in [1.807, 2.05) is 0 Å². The largest absolute Gasteiger partial charge is 0.308 e. The molecule has 1 N–H and O–H groups in total. The Morgan fingerprint density at radius 1 is 1.83 bits per heavy atom. The fourth-order valence-electron chi connectivity index (χ4n) is 0.434. The fourth-order valence-corrected chi connectivity index (χ4v) is 1.10. The van der Waals surface area contributed by atoms with E-state index in [4.69, 9.17) is 1.37 Å². The Bertz CT molecular complexity index is 53.7. The van der Waals surface area contributed by atoms with E-state index in [9.17, 15) is 0 Å². The first-order valence-corrected chi connectivity index (χ1v) is 3.22. The lowest BCUT2D eigenvalue weighted by atomic mass is 10.5. The molecule has 0 spiro atoms. The number of nitrogens with one attached hydrogen (secondary N) is 1. The van der Waals surface area contributed by atoms with Crippen molar-refractivity contribution in [2.45, 2.75) is 6.42 Å². The molecule has 0 radical (unpaired) electrons. The van der Waals surface area contributed by atoms with Crippen LogP contribution in [-0.4, -0.2) is 18.2 Å². The molecule has 1 atom stereocenters. The molecule has 0 saturated carbocycles. The maximum absolute atomic E-state index is 7.12. The van der Waals surface area contributed by atoms with E-state index >= 15 is 0 Å². The van der Waals surface area contributed by atoms with Crippen molar-refractivity contribution in [3.63, 3.8) is 0 Å². The number of hydrogen-bond donors (Lipinski definition) is 1. The van der Waals surface area contributed by atoms with Gasteiger partial charge in [0.1, 0.15) is 0 Å². The summed E-state index contributed by atoms with van der Waals surface area (Å²) in [7, 11) is 0. The Morgan fingerprint density at radius 3 is 3.17 bits per heavy atom. The van der Waals surface area contributed by atoms with Gasteiger partial charge >= 0.3 is 0 Å². The molecule has 2 heteroatoms. The second-order valence-electron chi connectivity index (χ2n) is 1.30. The third kappa shape index (κ3) is 1.19. The monoisotopic (exact) mass is 104 g/mol. The molecule has 0 aromatic heterocycles. The lowest BCUT2D eigenvalue weighted by molar-refractivity contribution is 0.740. The van der Waals surface area contributed by atoms with Gasteiger partial charge in [0.25, 0.3) is 0 Å². The highest BCUT2D eigenvalue weighted by atomic mass is 32.2. The molecule has 0 bridgehead atoms. The van der Waals surface area contributed by atoms with Gasteiger partial charge in [-0.3, -0.25) is 0 Å². The molecule has 1 heterocycles. The second-order valence-corrected chi connectivity index (χ2v) is 2.27. The smallest absolute Gasteiger partial charge is 0.0545 e. The van der Waals surface area contributed by atoms with E-state index in [0.29, 0.717) is 0 Å². The van der Waals surface area contributed by atoms with Crippen LogP contribution in [0.15, 0.2) is 0 Å². The summed E-state index contributed by atoms with van der Waals surface area (Å²) < 4.78 is 7.12. The van der Waals surface area contributed by atoms with Crippen LogP contribution in [0.25, 0.3) is 0 Å². The predicted molar refractivity (Wildman–Crippen MR) is 29.9 cm³/mol. The summed E-state index contributed by atoms with van der Waals surface area (Å²) in [6.07, 6.45) is 1.22. The van der Waals surface area contributed by atoms with Gasteiger partial charge in [0.15, 0.2) is 0 Å². The SMILES string of the molecule is [2H]C1NCCCS1. The highest BCUT2D eigenvalue weighted by Gasteiger charge is 1.93. The molecule has 1 unspecified atom stereocenters. The van der Waals surface area contributed by atoms with Crippen LogP contribution in [0, 0.1) is 0 Å². The van der Waals surface area contributed by atoms with Crippen LogP contribution in [0.5, 0.6) is 0 Å². The van der Waals surface area contributed by atoms with Crippen molar-refractivity contribution in [2.24, 2.45) is 0 Å². The first kappa shape index (κ1) is 3.33. The molecule has 1 saturated heterocycles. The zero-order chi connectivity index (χ0) is 5.11. The number of thioether (sulfide) groups is 1. The van der Waals surface area contributed by atoms with Crippen molar-refractivity contribution in [1.82, 2.24) is 5.32 Å². The molecular weight excluding hydrogens is 94.1 g/mol. The molecule has 1 fully saturated rings. The summed E-state index contributed by atoms with van der Waals surface area (Å²) >= 11 is 1.67. The lowest BCUT2D eigenvalue weighted by Gasteiger charge is -2.08. The van der Waals surface area contributed by atoms with E-state index < -0.39 is 0 Å². The maximum atomic E-state index is 7.12. The molecule has 1 aliphatic heterocycles. The average Bonchev–Trinajstić information content (AvgIpc) is 1.69. The first-order chi connectivity index (χ1) is 3.39. The van der Waals surface area contributed by atoms with Gasteiger partial charge in [-0.25, -0.2) is 0 Å². The molecule has 0 aliphatic carbocycles. The van der Waals surface area contributed by atoms with Gasteiger partial charge in [-0.1, -0.05) is 0 Å². The lowest BCUT2D eigenvalue weighted by Crippen LogP contribution is -2.19. The van der Waals surface area contributed by atoms with E-state index in [-0.39, 0.29) is 5.85 Å². The van der Waals surface area contributed by atoms with Gasteiger partial charge in [-0.15, -0.1) is 11.8 Å². The minimum Gasteiger partial charge on any atom is -0.308 e. The molecular formula is C4H9NS. The molecule has 36 valence electrons. The Kier molecular flexibility index (Phi) is 1.37.